The van der Waals surface area contributed by atoms with Gasteiger partial charge in [0.1, 0.15) is 18.8 Å². The second-order valence-corrected chi connectivity index (χ2v) is 3.64. The Labute approximate surface area is 98.6 Å². The molecule has 1 N–H and O–H groups in total. The Kier molecular flexibility index (Phi) is 4.86. The third-order valence-corrected chi connectivity index (χ3v) is 2.31. The Bertz CT molecular complexity index is 290. The zero-order chi connectivity index (χ0) is 13.0. The van der Waals surface area contributed by atoms with Gasteiger partial charge >= 0.3 is 11.9 Å². The Morgan fingerprint density at radius 1 is 1.24 bits per heavy atom. The molecule has 1 aliphatic heterocycles. The van der Waals surface area contributed by atoms with Gasteiger partial charge in [-0.2, -0.15) is 0 Å². The second kappa shape index (κ2) is 5.95. The van der Waals surface area contributed by atoms with Crippen molar-refractivity contribution in [1.29, 1.82) is 0 Å². The topological polar surface area (TPSA) is 91.3 Å². The van der Waals surface area contributed by atoms with Crippen molar-refractivity contribution in [1.82, 2.24) is 0 Å². The summed E-state index contributed by atoms with van der Waals surface area (Å²) in [4.78, 5) is 21.6. The van der Waals surface area contributed by atoms with Crippen LogP contribution in [-0.4, -0.2) is 55.4 Å². The molecule has 0 saturated carbocycles. The third kappa shape index (κ3) is 3.65. The van der Waals surface area contributed by atoms with Crippen LogP contribution in [0.4, 0.5) is 0 Å². The lowest BCUT2D eigenvalue weighted by molar-refractivity contribution is -0.159. The van der Waals surface area contributed by atoms with E-state index in [4.69, 9.17) is 18.9 Å². The summed E-state index contributed by atoms with van der Waals surface area (Å²) in [6.45, 7) is 2.38. The average Bonchev–Trinajstić information content (AvgIpc) is 2.51. The number of hydrogen-bond acceptors (Lipinski definition) is 7. The molecule has 1 fully saturated rings. The number of esters is 2. The zero-order valence-electron chi connectivity index (χ0n) is 9.91. The monoisotopic (exact) mass is 248 g/mol. The molecule has 0 bridgehead atoms. The highest BCUT2D eigenvalue weighted by molar-refractivity contribution is 5.66. The van der Waals surface area contributed by atoms with Crippen LogP contribution >= 0.6 is 0 Å². The maximum atomic E-state index is 10.9. The number of hydrogen-bond donors (Lipinski definition) is 1. The fourth-order valence-electron chi connectivity index (χ4n) is 1.63. The first-order valence-electron chi connectivity index (χ1n) is 5.12. The Hall–Kier alpha value is -1.18. The summed E-state index contributed by atoms with van der Waals surface area (Å²) in [5, 5.41) is 9.53. The van der Waals surface area contributed by atoms with Gasteiger partial charge in [-0.25, -0.2) is 0 Å². The summed E-state index contributed by atoms with van der Waals surface area (Å²) < 4.78 is 19.8. The van der Waals surface area contributed by atoms with Crippen LogP contribution in [0.25, 0.3) is 0 Å². The van der Waals surface area contributed by atoms with Gasteiger partial charge in [0, 0.05) is 21.0 Å². The van der Waals surface area contributed by atoms with E-state index in [0.717, 1.165) is 0 Å². The van der Waals surface area contributed by atoms with E-state index in [9.17, 15) is 14.7 Å². The normalized spacial score (nSPS) is 32.2. The largest absolute Gasteiger partial charge is 0.463 e. The van der Waals surface area contributed by atoms with Gasteiger partial charge in [0.05, 0.1) is 0 Å². The van der Waals surface area contributed by atoms with Gasteiger partial charge in [-0.15, -0.1) is 0 Å². The van der Waals surface area contributed by atoms with Crippen LogP contribution in [0, 0.1) is 0 Å². The molecule has 0 aromatic carbocycles. The van der Waals surface area contributed by atoms with E-state index in [1.807, 2.05) is 0 Å². The lowest BCUT2D eigenvalue weighted by Crippen LogP contribution is -2.39. The second-order valence-electron chi connectivity index (χ2n) is 3.64. The predicted molar refractivity (Wildman–Crippen MR) is 53.9 cm³/mol. The summed E-state index contributed by atoms with van der Waals surface area (Å²) in [5.41, 5.74) is 0. The van der Waals surface area contributed by atoms with Crippen molar-refractivity contribution in [2.75, 3.05) is 13.7 Å². The van der Waals surface area contributed by atoms with E-state index in [1.165, 1.54) is 21.0 Å². The smallest absolute Gasteiger partial charge is 0.303 e. The quantitative estimate of drug-likeness (QED) is 0.652. The maximum absolute atomic E-state index is 10.9. The van der Waals surface area contributed by atoms with Crippen LogP contribution in [0.3, 0.4) is 0 Å². The fraction of sp³-hybridized carbons (Fsp3) is 0.800. The molecule has 1 heterocycles. The Morgan fingerprint density at radius 3 is 2.35 bits per heavy atom. The van der Waals surface area contributed by atoms with Gasteiger partial charge < -0.3 is 24.1 Å². The molecule has 1 rings (SSSR count). The van der Waals surface area contributed by atoms with Gasteiger partial charge in [-0.3, -0.25) is 9.59 Å². The van der Waals surface area contributed by atoms with Crippen LogP contribution in [0.2, 0.25) is 0 Å². The van der Waals surface area contributed by atoms with E-state index in [-0.39, 0.29) is 6.61 Å². The van der Waals surface area contributed by atoms with Gasteiger partial charge in [-0.05, 0) is 0 Å². The molecule has 17 heavy (non-hydrogen) atoms. The van der Waals surface area contributed by atoms with Gasteiger partial charge in [0.2, 0.25) is 0 Å². The number of methoxy groups -OCH3 is 1. The molecular formula is C10H16O7. The average molecular weight is 248 g/mol. The zero-order valence-corrected chi connectivity index (χ0v) is 9.91. The molecule has 0 aromatic heterocycles. The minimum absolute atomic E-state index is 0.107. The minimum atomic E-state index is -1.22. The minimum Gasteiger partial charge on any atom is -0.463 e. The van der Waals surface area contributed by atoms with E-state index in [1.54, 1.807) is 0 Å². The molecule has 4 atom stereocenters. The van der Waals surface area contributed by atoms with E-state index >= 15 is 0 Å². The molecular weight excluding hydrogens is 232 g/mol. The molecule has 98 valence electrons. The summed E-state index contributed by atoms with van der Waals surface area (Å²) in [5.74, 6) is -1.01. The number of carbonyl (C=O) groups is 2. The van der Waals surface area contributed by atoms with Crippen molar-refractivity contribution in [3.8, 4) is 0 Å². The van der Waals surface area contributed by atoms with Crippen molar-refractivity contribution in [2.45, 2.75) is 38.4 Å². The SMILES string of the molecule is CO[C@H]1[C@H](OC(C)=O)[C@@H](COC(C)=O)O[C@@H]1O. The van der Waals surface area contributed by atoms with Crippen LogP contribution in [0.5, 0.6) is 0 Å². The molecule has 7 nitrogen and oxygen atoms in total. The van der Waals surface area contributed by atoms with E-state index in [2.05, 4.69) is 0 Å². The Balaban J connectivity index is 2.66. The number of carbonyl (C=O) groups excluding carboxylic acids is 2. The van der Waals surface area contributed by atoms with Crippen molar-refractivity contribution < 1.29 is 33.6 Å². The van der Waals surface area contributed by atoms with Gasteiger partial charge in [-0.1, -0.05) is 0 Å². The highest BCUT2D eigenvalue weighted by Gasteiger charge is 2.47. The molecule has 0 aromatic rings. The fourth-order valence-corrected chi connectivity index (χ4v) is 1.63. The first-order chi connectivity index (χ1) is 7.95. The van der Waals surface area contributed by atoms with Gasteiger partial charge in [0.25, 0.3) is 0 Å². The number of aliphatic hydroxyl groups excluding tert-OH is 1. The predicted octanol–water partition coefficient (Wildman–Crippen LogP) is -0.787. The van der Waals surface area contributed by atoms with Crippen molar-refractivity contribution in [3.05, 3.63) is 0 Å². The first kappa shape index (κ1) is 13.9. The standard InChI is InChI=1S/C10H16O7/c1-5(11)15-4-7-8(16-6(2)12)9(14-3)10(13)17-7/h7-10,13H,4H2,1-3H3/t7-,8-,9+,10+/m1/s1. The van der Waals surface area contributed by atoms with Crippen LogP contribution in [-0.2, 0) is 28.5 Å². The maximum Gasteiger partial charge on any atom is 0.303 e. The highest BCUT2D eigenvalue weighted by atomic mass is 16.7. The summed E-state index contributed by atoms with van der Waals surface area (Å²) in [6, 6.07) is 0. The number of rotatable bonds is 4. The van der Waals surface area contributed by atoms with E-state index < -0.39 is 36.5 Å². The number of aliphatic hydroxyl groups is 1. The van der Waals surface area contributed by atoms with Crippen LogP contribution < -0.4 is 0 Å². The molecule has 0 radical (unpaired) electrons. The lowest BCUT2D eigenvalue weighted by Gasteiger charge is -2.21. The first-order valence-corrected chi connectivity index (χ1v) is 5.12. The lowest BCUT2D eigenvalue weighted by atomic mass is 10.1. The highest BCUT2D eigenvalue weighted by Crippen LogP contribution is 2.25. The molecule has 1 aliphatic rings. The summed E-state index contributed by atoms with van der Waals surface area (Å²) >= 11 is 0. The molecule has 0 unspecified atom stereocenters. The van der Waals surface area contributed by atoms with Gasteiger partial charge in [0.15, 0.2) is 12.4 Å². The number of ether oxygens (including phenoxy) is 4. The van der Waals surface area contributed by atoms with E-state index in [0.29, 0.717) is 0 Å². The molecule has 7 heteroatoms. The summed E-state index contributed by atoms with van der Waals surface area (Å²) in [7, 11) is 1.36. The third-order valence-electron chi connectivity index (χ3n) is 2.31. The molecule has 0 aliphatic carbocycles. The van der Waals surface area contributed by atoms with Crippen LogP contribution in [0.15, 0.2) is 0 Å². The van der Waals surface area contributed by atoms with Crippen molar-refractivity contribution >= 4 is 11.9 Å². The summed E-state index contributed by atoms with van der Waals surface area (Å²) in [6.07, 6.45) is -3.54. The van der Waals surface area contributed by atoms with Crippen molar-refractivity contribution in [2.24, 2.45) is 0 Å². The van der Waals surface area contributed by atoms with Crippen LogP contribution in [0.1, 0.15) is 13.8 Å². The van der Waals surface area contributed by atoms with Crippen molar-refractivity contribution in [3.63, 3.8) is 0 Å². The molecule has 0 spiro atoms. The molecule has 1 saturated heterocycles. The molecule has 0 amide bonds. The Morgan fingerprint density at radius 2 is 1.88 bits per heavy atom.